The van der Waals surface area contributed by atoms with E-state index in [1.165, 1.54) is 12.8 Å². The molecule has 1 aliphatic rings. The van der Waals surface area contributed by atoms with Crippen LogP contribution in [0.2, 0.25) is 5.28 Å². The summed E-state index contributed by atoms with van der Waals surface area (Å²) in [6.45, 7) is 2.29. The van der Waals surface area contributed by atoms with Gasteiger partial charge in [-0.15, -0.1) is 0 Å². The van der Waals surface area contributed by atoms with Crippen LogP contribution < -0.4 is 0 Å². The predicted molar refractivity (Wildman–Crippen MR) is 49.7 cm³/mol. The largest absolute Gasteiger partial charge is 0.338 e. The molecule has 0 N–H and O–H groups in total. The number of aromatic nitrogens is 2. The average Bonchev–Trinajstić information content (AvgIpc) is 2.53. The van der Waals surface area contributed by atoms with E-state index in [2.05, 4.69) is 17.1 Å². The van der Waals surface area contributed by atoms with Gasteiger partial charge in [-0.1, -0.05) is 6.92 Å². The van der Waals surface area contributed by atoms with E-state index < -0.39 is 0 Å². The van der Waals surface area contributed by atoms with Gasteiger partial charge >= 0.3 is 0 Å². The first-order valence-corrected chi connectivity index (χ1v) is 5.12. The van der Waals surface area contributed by atoms with E-state index >= 15 is 0 Å². The fraction of sp³-hybridized carbons (Fsp3) is 0.778. The molecular weight excluding hydrogens is 188 g/mol. The summed E-state index contributed by atoms with van der Waals surface area (Å²) in [5.41, 5.74) is 0. The minimum absolute atomic E-state index is 0.230. The van der Waals surface area contributed by atoms with E-state index in [1.54, 1.807) is 0 Å². The Balaban J connectivity index is 2.02. The molecule has 0 aliphatic heterocycles. The van der Waals surface area contributed by atoms with Crippen molar-refractivity contribution in [3.63, 3.8) is 0 Å². The molecule has 1 aliphatic carbocycles. The molecule has 2 rings (SSSR count). The summed E-state index contributed by atoms with van der Waals surface area (Å²) in [7, 11) is 0. The standard InChI is InChI=1S/C9H13ClN2O/c1-6-2-4-7(5-3-6)8-11-9(10)12-13-8/h6-7H,2-5H2,1H3. The van der Waals surface area contributed by atoms with Crippen molar-refractivity contribution in [3.05, 3.63) is 11.2 Å². The normalized spacial score (nSPS) is 29.1. The van der Waals surface area contributed by atoms with Crippen LogP contribution in [-0.2, 0) is 0 Å². The summed E-state index contributed by atoms with van der Waals surface area (Å²) in [4.78, 5) is 4.05. The summed E-state index contributed by atoms with van der Waals surface area (Å²) in [5.74, 6) is 2.00. The van der Waals surface area contributed by atoms with Crippen LogP contribution in [0.15, 0.2) is 4.52 Å². The third kappa shape index (κ3) is 2.02. The van der Waals surface area contributed by atoms with E-state index in [4.69, 9.17) is 16.1 Å². The summed E-state index contributed by atoms with van der Waals surface area (Å²) in [6, 6.07) is 0. The molecule has 0 aromatic carbocycles. The number of hydrogen-bond donors (Lipinski definition) is 0. The highest BCUT2D eigenvalue weighted by atomic mass is 35.5. The topological polar surface area (TPSA) is 38.9 Å². The molecule has 1 heterocycles. The molecule has 0 radical (unpaired) electrons. The van der Waals surface area contributed by atoms with Crippen LogP contribution in [-0.4, -0.2) is 10.1 Å². The van der Waals surface area contributed by atoms with Crippen molar-refractivity contribution < 1.29 is 4.52 Å². The number of hydrogen-bond acceptors (Lipinski definition) is 3. The van der Waals surface area contributed by atoms with Gasteiger partial charge in [-0.3, -0.25) is 0 Å². The van der Waals surface area contributed by atoms with Crippen LogP contribution in [0.4, 0.5) is 0 Å². The molecule has 72 valence electrons. The first-order chi connectivity index (χ1) is 6.25. The van der Waals surface area contributed by atoms with Crippen LogP contribution in [0.5, 0.6) is 0 Å². The van der Waals surface area contributed by atoms with Crippen molar-refractivity contribution in [1.82, 2.24) is 10.1 Å². The van der Waals surface area contributed by atoms with Gasteiger partial charge in [0, 0.05) is 5.92 Å². The van der Waals surface area contributed by atoms with Crippen molar-refractivity contribution in [2.24, 2.45) is 5.92 Å². The summed E-state index contributed by atoms with van der Waals surface area (Å²) < 4.78 is 5.05. The van der Waals surface area contributed by atoms with Crippen LogP contribution in [0.25, 0.3) is 0 Å². The molecule has 0 saturated heterocycles. The minimum Gasteiger partial charge on any atom is -0.338 e. The van der Waals surface area contributed by atoms with Gasteiger partial charge in [-0.2, -0.15) is 4.98 Å². The van der Waals surface area contributed by atoms with E-state index in [9.17, 15) is 0 Å². The van der Waals surface area contributed by atoms with Gasteiger partial charge in [-0.05, 0) is 48.4 Å². The molecule has 1 fully saturated rings. The average molecular weight is 201 g/mol. The Kier molecular flexibility index (Phi) is 2.54. The quantitative estimate of drug-likeness (QED) is 0.700. The van der Waals surface area contributed by atoms with Crippen LogP contribution in [0, 0.1) is 5.92 Å². The van der Waals surface area contributed by atoms with E-state index in [-0.39, 0.29) is 5.28 Å². The highest BCUT2D eigenvalue weighted by Crippen LogP contribution is 2.34. The Morgan fingerprint density at radius 1 is 1.31 bits per heavy atom. The lowest BCUT2D eigenvalue weighted by molar-refractivity contribution is 0.281. The molecule has 1 aromatic heterocycles. The highest BCUT2D eigenvalue weighted by molar-refractivity contribution is 6.28. The molecule has 13 heavy (non-hydrogen) atoms. The number of halogens is 1. The lowest BCUT2D eigenvalue weighted by Gasteiger charge is -2.22. The molecule has 3 nitrogen and oxygen atoms in total. The van der Waals surface area contributed by atoms with E-state index in [0.717, 1.165) is 24.7 Å². The van der Waals surface area contributed by atoms with Gasteiger partial charge in [0.2, 0.25) is 5.89 Å². The zero-order chi connectivity index (χ0) is 9.26. The fourth-order valence-corrected chi connectivity index (χ4v) is 2.01. The summed E-state index contributed by atoms with van der Waals surface area (Å²) in [6.07, 6.45) is 4.81. The molecule has 1 saturated carbocycles. The Hall–Kier alpha value is -0.570. The van der Waals surface area contributed by atoms with Gasteiger partial charge in [0.15, 0.2) is 0 Å². The Labute approximate surface area is 82.5 Å². The second kappa shape index (κ2) is 3.66. The van der Waals surface area contributed by atoms with Gasteiger partial charge in [-0.25, -0.2) is 0 Å². The minimum atomic E-state index is 0.230. The third-order valence-corrected chi connectivity index (χ3v) is 2.94. The molecule has 0 unspecified atom stereocenters. The van der Waals surface area contributed by atoms with Crippen LogP contribution in [0.1, 0.15) is 44.4 Å². The monoisotopic (exact) mass is 200 g/mol. The van der Waals surface area contributed by atoms with Crippen LogP contribution in [0.3, 0.4) is 0 Å². The second-order valence-corrected chi connectivity index (χ2v) is 4.20. The zero-order valence-electron chi connectivity index (χ0n) is 7.66. The third-order valence-electron chi connectivity index (χ3n) is 2.78. The summed E-state index contributed by atoms with van der Waals surface area (Å²) >= 11 is 5.59. The van der Waals surface area contributed by atoms with Crippen LogP contribution >= 0.6 is 11.6 Å². The Bertz CT molecular complexity index is 279. The van der Waals surface area contributed by atoms with Gasteiger partial charge in [0.25, 0.3) is 5.28 Å². The predicted octanol–water partition coefficient (Wildman–Crippen LogP) is 3.02. The van der Waals surface area contributed by atoms with Gasteiger partial charge in [0.1, 0.15) is 0 Å². The first kappa shape index (κ1) is 9.00. The number of rotatable bonds is 1. The maximum atomic E-state index is 5.59. The van der Waals surface area contributed by atoms with Gasteiger partial charge < -0.3 is 4.52 Å². The molecule has 0 amide bonds. The molecular formula is C9H13ClN2O. The summed E-state index contributed by atoms with van der Waals surface area (Å²) in [5, 5.41) is 3.82. The highest BCUT2D eigenvalue weighted by Gasteiger charge is 2.24. The number of nitrogens with zero attached hydrogens (tertiary/aromatic N) is 2. The first-order valence-electron chi connectivity index (χ1n) is 4.75. The smallest absolute Gasteiger partial charge is 0.263 e. The molecule has 0 atom stereocenters. The molecule has 4 heteroatoms. The van der Waals surface area contributed by atoms with Crippen molar-refractivity contribution in [2.45, 2.75) is 38.5 Å². The van der Waals surface area contributed by atoms with Crippen molar-refractivity contribution in [3.8, 4) is 0 Å². The van der Waals surface area contributed by atoms with Crippen molar-refractivity contribution in [2.75, 3.05) is 0 Å². The van der Waals surface area contributed by atoms with Crippen molar-refractivity contribution in [1.29, 1.82) is 0 Å². The van der Waals surface area contributed by atoms with Crippen molar-refractivity contribution >= 4 is 11.6 Å². The Morgan fingerprint density at radius 2 is 2.00 bits per heavy atom. The molecule has 0 spiro atoms. The SMILES string of the molecule is CC1CCC(c2nc(Cl)no2)CC1. The maximum absolute atomic E-state index is 5.59. The lowest BCUT2D eigenvalue weighted by atomic mass is 9.83. The lowest BCUT2D eigenvalue weighted by Crippen LogP contribution is -2.10. The van der Waals surface area contributed by atoms with Gasteiger partial charge in [0.05, 0.1) is 0 Å². The Morgan fingerprint density at radius 3 is 2.54 bits per heavy atom. The zero-order valence-corrected chi connectivity index (χ0v) is 8.42. The maximum Gasteiger partial charge on any atom is 0.263 e. The van der Waals surface area contributed by atoms with E-state index in [1.807, 2.05) is 0 Å². The fourth-order valence-electron chi connectivity index (χ4n) is 1.89. The second-order valence-electron chi connectivity index (χ2n) is 3.86. The molecule has 1 aromatic rings. The van der Waals surface area contributed by atoms with E-state index in [0.29, 0.717) is 5.92 Å². The molecule has 0 bridgehead atoms.